The number of rotatable bonds is 6. The van der Waals surface area contributed by atoms with Crippen molar-refractivity contribution in [2.45, 2.75) is 50.9 Å². The van der Waals surface area contributed by atoms with Gasteiger partial charge in [-0.3, -0.25) is 0 Å². The minimum Gasteiger partial charge on any atom is -0.496 e. The molecular formula is C18H29N3OS. The minimum atomic E-state index is 0.544. The van der Waals surface area contributed by atoms with Crippen LogP contribution in [0.25, 0.3) is 0 Å². The molecule has 0 heterocycles. The van der Waals surface area contributed by atoms with Gasteiger partial charge in [0.1, 0.15) is 5.75 Å². The molecule has 1 aliphatic carbocycles. The van der Waals surface area contributed by atoms with Gasteiger partial charge in [0.05, 0.1) is 13.7 Å². The summed E-state index contributed by atoms with van der Waals surface area (Å²) in [6.07, 6.45) is 5.97. The van der Waals surface area contributed by atoms with E-state index in [4.69, 9.17) is 9.73 Å². The summed E-state index contributed by atoms with van der Waals surface area (Å²) in [7, 11) is 1.71. The molecule has 128 valence electrons. The topological polar surface area (TPSA) is 45.7 Å². The van der Waals surface area contributed by atoms with Crippen molar-refractivity contribution < 1.29 is 4.74 Å². The fourth-order valence-corrected chi connectivity index (χ4v) is 3.80. The van der Waals surface area contributed by atoms with Crippen molar-refractivity contribution in [2.24, 2.45) is 4.99 Å². The number of guanidine groups is 1. The van der Waals surface area contributed by atoms with Gasteiger partial charge in [0.25, 0.3) is 0 Å². The Labute approximate surface area is 144 Å². The van der Waals surface area contributed by atoms with Crippen LogP contribution in [0.1, 0.15) is 37.3 Å². The Bertz CT molecular complexity index is 533. The quantitative estimate of drug-likeness (QED) is 0.618. The van der Waals surface area contributed by atoms with E-state index in [2.05, 4.69) is 42.9 Å². The van der Waals surface area contributed by atoms with E-state index < -0.39 is 0 Å². The molecule has 2 rings (SSSR count). The predicted octanol–water partition coefficient (Wildman–Crippen LogP) is 3.34. The molecule has 1 aliphatic rings. The Balaban J connectivity index is 1.97. The molecule has 0 spiro atoms. The van der Waals surface area contributed by atoms with Crippen molar-refractivity contribution in [3.63, 3.8) is 0 Å². The molecule has 1 fully saturated rings. The Morgan fingerprint density at radius 3 is 2.83 bits per heavy atom. The third-order valence-electron chi connectivity index (χ3n) is 4.28. The SMILES string of the molecule is CCNC(=NCc1ccc(OC)c(C)c1)NC1CCC(SC)C1. The first-order valence-electron chi connectivity index (χ1n) is 8.37. The lowest BCUT2D eigenvalue weighted by Crippen LogP contribution is -2.42. The van der Waals surface area contributed by atoms with Crippen molar-refractivity contribution >= 4 is 17.7 Å². The first kappa shape index (κ1) is 18.0. The molecule has 2 atom stereocenters. The minimum absolute atomic E-state index is 0.544. The van der Waals surface area contributed by atoms with Gasteiger partial charge in [0.15, 0.2) is 5.96 Å². The summed E-state index contributed by atoms with van der Waals surface area (Å²) in [4.78, 5) is 4.74. The summed E-state index contributed by atoms with van der Waals surface area (Å²) >= 11 is 1.98. The third kappa shape index (κ3) is 5.34. The van der Waals surface area contributed by atoms with Crippen molar-refractivity contribution in [1.29, 1.82) is 0 Å². The van der Waals surface area contributed by atoms with E-state index in [0.717, 1.165) is 29.1 Å². The second-order valence-electron chi connectivity index (χ2n) is 6.01. The largest absolute Gasteiger partial charge is 0.496 e. The highest BCUT2D eigenvalue weighted by Crippen LogP contribution is 2.28. The Kier molecular flexibility index (Phi) is 7.09. The summed E-state index contributed by atoms with van der Waals surface area (Å²) in [5.74, 6) is 1.85. The number of hydrogen-bond donors (Lipinski definition) is 2. The molecule has 0 radical (unpaired) electrons. The summed E-state index contributed by atoms with van der Waals surface area (Å²) in [5.41, 5.74) is 2.35. The van der Waals surface area contributed by atoms with Crippen LogP contribution < -0.4 is 15.4 Å². The lowest BCUT2D eigenvalue weighted by molar-refractivity contribution is 0.411. The van der Waals surface area contributed by atoms with Gasteiger partial charge in [-0.2, -0.15) is 11.8 Å². The molecular weight excluding hydrogens is 306 g/mol. The summed E-state index contributed by atoms with van der Waals surface area (Å²) in [6, 6.07) is 6.78. The Hall–Kier alpha value is -1.36. The number of hydrogen-bond acceptors (Lipinski definition) is 3. The van der Waals surface area contributed by atoms with E-state index in [0.29, 0.717) is 12.6 Å². The van der Waals surface area contributed by atoms with Crippen LogP contribution in [0.5, 0.6) is 5.75 Å². The monoisotopic (exact) mass is 335 g/mol. The molecule has 4 nitrogen and oxygen atoms in total. The number of methoxy groups -OCH3 is 1. The van der Waals surface area contributed by atoms with Gasteiger partial charge in [-0.1, -0.05) is 12.1 Å². The van der Waals surface area contributed by atoms with E-state index in [1.807, 2.05) is 17.8 Å². The van der Waals surface area contributed by atoms with Crippen LogP contribution in [0, 0.1) is 6.92 Å². The maximum Gasteiger partial charge on any atom is 0.191 e. The molecule has 0 saturated heterocycles. The first-order chi connectivity index (χ1) is 11.2. The lowest BCUT2D eigenvalue weighted by Gasteiger charge is -2.17. The van der Waals surface area contributed by atoms with Crippen LogP contribution in [0.3, 0.4) is 0 Å². The molecule has 2 unspecified atom stereocenters. The van der Waals surface area contributed by atoms with Crippen LogP contribution in [0.15, 0.2) is 23.2 Å². The summed E-state index contributed by atoms with van der Waals surface area (Å²) in [6.45, 7) is 5.73. The molecule has 23 heavy (non-hydrogen) atoms. The van der Waals surface area contributed by atoms with Gasteiger partial charge < -0.3 is 15.4 Å². The van der Waals surface area contributed by atoms with Gasteiger partial charge in [0.2, 0.25) is 0 Å². The molecule has 0 bridgehead atoms. The number of thioether (sulfide) groups is 1. The van der Waals surface area contributed by atoms with Crippen LogP contribution in [0.4, 0.5) is 0 Å². The van der Waals surface area contributed by atoms with E-state index >= 15 is 0 Å². The molecule has 0 amide bonds. The van der Waals surface area contributed by atoms with Crippen molar-refractivity contribution in [2.75, 3.05) is 19.9 Å². The Morgan fingerprint density at radius 2 is 2.22 bits per heavy atom. The number of nitrogens with one attached hydrogen (secondary N) is 2. The number of aryl methyl sites for hydroxylation is 1. The molecule has 1 aromatic carbocycles. The highest BCUT2D eigenvalue weighted by atomic mass is 32.2. The number of benzene rings is 1. The molecule has 1 saturated carbocycles. The number of aliphatic imine (C=N–C) groups is 1. The summed E-state index contributed by atoms with van der Waals surface area (Å²) in [5, 5.41) is 7.74. The van der Waals surface area contributed by atoms with Gasteiger partial charge in [0, 0.05) is 17.8 Å². The van der Waals surface area contributed by atoms with Gasteiger partial charge in [-0.15, -0.1) is 0 Å². The zero-order valence-electron chi connectivity index (χ0n) is 14.7. The first-order valence-corrected chi connectivity index (χ1v) is 9.66. The lowest BCUT2D eigenvalue weighted by atomic mass is 10.1. The van der Waals surface area contributed by atoms with Crippen molar-refractivity contribution in [3.05, 3.63) is 29.3 Å². The van der Waals surface area contributed by atoms with Crippen LogP contribution in [-0.2, 0) is 6.54 Å². The zero-order valence-corrected chi connectivity index (χ0v) is 15.5. The van der Waals surface area contributed by atoms with Crippen LogP contribution in [0.2, 0.25) is 0 Å². The van der Waals surface area contributed by atoms with E-state index in [9.17, 15) is 0 Å². The number of ether oxygens (including phenoxy) is 1. The molecule has 5 heteroatoms. The fraction of sp³-hybridized carbons (Fsp3) is 0.611. The molecule has 1 aromatic rings. The fourth-order valence-electron chi connectivity index (χ4n) is 3.01. The molecule has 2 N–H and O–H groups in total. The zero-order chi connectivity index (χ0) is 16.7. The van der Waals surface area contributed by atoms with E-state index in [-0.39, 0.29) is 0 Å². The average Bonchev–Trinajstić information content (AvgIpc) is 3.00. The second-order valence-corrected chi connectivity index (χ2v) is 7.15. The van der Waals surface area contributed by atoms with Crippen LogP contribution >= 0.6 is 11.8 Å². The smallest absolute Gasteiger partial charge is 0.191 e. The second kappa shape index (κ2) is 9.06. The van der Waals surface area contributed by atoms with Gasteiger partial charge >= 0.3 is 0 Å². The normalized spacial score (nSPS) is 21.3. The van der Waals surface area contributed by atoms with E-state index in [1.54, 1.807) is 7.11 Å². The van der Waals surface area contributed by atoms with E-state index in [1.165, 1.54) is 24.8 Å². The average molecular weight is 336 g/mol. The van der Waals surface area contributed by atoms with Crippen LogP contribution in [-0.4, -0.2) is 37.2 Å². The maximum atomic E-state index is 5.31. The maximum absolute atomic E-state index is 5.31. The van der Waals surface area contributed by atoms with Gasteiger partial charge in [-0.25, -0.2) is 4.99 Å². The van der Waals surface area contributed by atoms with Gasteiger partial charge in [-0.05, 0) is 56.6 Å². The Morgan fingerprint density at radius 1 is 1.39 bits per heavy atom. The predicted molar refractivity (Wildman–Crippen MR) is 101 cm³/mol. The molecule has 0 aliphatic heterocycles. The summed E-state index contributed by atoms with van der Waals surface area (Å²) < 4.78 is 5.31. The van der Waals surface area contributed by atoms with Crippen molar-refractivity contribution in [1.82, 2.24) is 10.6 Å². The number of nitrogens with zero attached hydrogens (tertiary/aromatic N) is 1. The third-order valence-corrected chi connectivity index (χ3v) is 5.38. The standard InChI is InChI=1S/C18H29N3OS/c1-5-19-18(21-15-7-8-16(11-15)23-4)20-12-14-6-9-17(22-3)13(2)10-14/h6,9-10,15-16H,5,7-8,11-12H2,1-4H3,(H2,19,20,21). The molecule has 0 aromatic heterocycles. The highest BCUT2D eigenvalue weighted by Gasteiger charge is 2.24. The van der Waals surface area contributed by atoms with Crippen molar-refractivity contribution in [3.8, 4) is 5.75 Å². The highest BCUT2D eigenvalue weighted by molar-refractivity contribution is 7.99.